The molecule has 0 aromatic rings. The third kappa shape index (κ3) is 12.3. The molecule has 0 spiro atoms. The molecule has 0 nitrogen and oxygen atoms in total. The van der Waals surface area contributed by atoms with E-state index in [2.05, 4.69) is 44.8 Å². The highest BCUT2D eigenvalue weighted by Crippen LogP contribution is 2.26. The summed E-state index contributed by atoms with van der Waals surface area (Å²) in [5, 5.41) is 0. The van der Waals surface area contributed by atoms with E-state index in [0.717, 1.165) is 5.75 Å². The van der Waals surface area contributed by atoms with Gasteiger partial charge in [-0.05, 0) is 5.75 Å². The summed E-state index contributed by atoms with van der Waals surface area (Å²) in [7, 11) is 0. The van der Waals surface area contributed by atoms with Crippen LogP contribution in [0.4, 0.5) is 0 Å². The van der Waals surface area contributed by atoms with Crippen molar-refractivity contribution in [3.05, 3.63) is 0 Å². The van der Waals surface area contributed by atoms with Gasteiger partial charge in [0.2, 0.25) is 0 Å². The number of hydrogen-bond donors (Lipinski definition) is 3. The van der Waals surface area contributed by atoms with Gasteiger partial charge in [-0.15, -0.1) is 0 Å². The van der Waals surface area contributed by atoms with Crippen molar-refractivity contribution in [1.29, 1.82) is 0 Å². The molecule has 6 heteroatoms. The topological polar surface area (TPSA) is 0 Å². The van der Waals surface area contributed by atoms with Crippen LogP contribution in [-0.4, -0.2) is 44.3 Å². The summed E-state index contributed by atoms with van der Waals surface area (Å²) in [5.74, 6) is 7.90. The van der Waals surface area contributed by atoms with E-state index >= 15 is 0 Å². The molecule has 0 fully saturated rings. The lowest BCUT2D eigenvalue weighted by atomic mass is 10.5. The van der Waals surface area contributed by atoms with Crippen LogP contribution in [0.5, 0.6) is 0 Å². The predicted molar refractivity (Wildman–Crippen MR) is 92.2 cm³/mol. The van der Waals surface area contributed by atoms with Gasteiger partial charge in [-0.2, -0.15) is 73.2 Å². The first-order chi connectivity index (χ1) is 7.12. The van der Waals surface area contributed by atoms with E-state index < -0.39 is 0 Å². The van der Waals surface area contributed by atoms with Crippen molar-refractivity contribution in [3.63, 3.8) is 0 Å². The largest absolute Gasteiger partial charge is 0.177 e. The van der Waals surface area contributed by atoms with Crippen molar-refractivity contribution in [1.82, 2.24) is 0 Å². The minimum absolute atomic E-state index is 0.212. The number of hydrogen-bond acceptors (Lipinski definition) is 6. The van der Waals surface area contributed by atoms with Crippen LogP contribution in [0, 0.1) is 0 Å². The molecule has 0 amide bonds. The van der Waals surface area contributed by atoms with Gasteiger partial charge < -0.3 is 0 Å². The zero-order chi connectivity index (χ0) is 11.6. The Hall–Kier alpha value is 2.10. The lowest BCUT2D eigenvalue weighted by Gasteiger charge is -2.18. The minimum Gasteiger partial charge on any atom is -0.177 e. The van der Waals surface area contributed by atoms with Crippen LogP contribution >= 0.6 is 73.2 Å². The summed E-state index contributed by atoms with van der Waals surface area (Å²) < 4.78 is -0.212. The van der Waals surface area contributed by atoms with Gasteiger partial charge in [0.1, 0.15) is 0 Å². The Kier molecular flexibility index (Phi) is 12.8. The first-order valence-corrected chi connectivity index (χ1v) is 9.90. The third-order valence-corrected chi connectivity index (χ3v) is 7.23. The van der Waals surface area contributed by atoms with Gasteiger partial charge in [-0.25, -0.2) is 0 Å². The Morgan fingerprint density at radius 1 is 0.933 bits per heavy atom. The van der Waals surface area contributed by atoms with E-state index in [-0.39, 0.29) is 4.08 Å². The molecular weight excluding hydrogens is 301 g/mol. The fourth-order valence-corrected chi connectivity index (χ4v) is 4.53. The highest BCUT2D eigenvalue weighted by atomic mass is 32.2. The summed E-state index contributed by atoms with van der Waals surface area (Å²) in [6, 6.07) is 0. The molecule has 0 aliphatic rings. The van der Waals surface area contributed by atoms with E-state index in [9.17, 15) is 0 Å². The summed E-state index contributed by atoms with van der Waals surface area (Å²) in [4.78, 5) is 0. The fourth-order valence-electron chi connectivity index (χ4n) is 0.763. The molecule has 0 aromatic carbocycles. The predicted octanol–water partition coefficient (Wildman–Crippen LogP) is 3.69. The lowest BCUT2D eigenvalue weighted by Crippen LogP contribution is -2.19. The van der Waals surface area contributed by atoms with Crippen molar-refractivity contribution >= 4 is 73.2 Å². The number of thioether (sulfide) groups is 3. The minimum atomic E-state index is -0.212. The normalized spacial score (nSPS) is 12.0. The van der Waals surface area contributed by atoms with E-state index in [4.69, 9.17) is 0 Å². The Bertz CT molecular complexity index is 139. The van der Waals surface area contributed by atoms with Crippen molar-refractivity contribution in [2.24, 2.45) is 0 Å². The molecule has 0 unspecified atom stereocenters. The Balaban J connectivity index is 3.11. The molecule has 0 aliphatic carbocycles. The second-order valence-corrected chi connectivity index (χ2v) is 9.11. The van der Waals surface area contributed by atoms with E-state index in [1.54, 1.807) is 0 Å². The molecule has 0 heterocycles. The van der Waals surface area contributed by atoms with Gasteiger partial charge in [-0.3, -0.25) is 0 Å². The van der Waals surface area contributed by atoms with Crippen LogP contribution in [0.1, 0.15) is 6.92 Å². The summed E-state index contributed by atoms with van der Waals surface area (Å²) >= 11 is 19.0. The van der Waals surface area contributed by atoms with Gasteiger partial charge >= 0.3 is 0 Å². The molecule has 0 atom stereocenters. The van der Waals surface area contributed by atoms with Gasteiger partial charge in [0.25, 0.3) is 0 Å². The van der Waals surface area contributed by atoms with Crippen LogP contribution in [0.15, 0.2) is 0 Å². The Morgan fingerprint density at radius 3 is 2.00 bits per heavy atom. The van der Waals surface area contributed by atoms with Crippen LogP contribution in [0.3, 0.4) is 0 Å². The first kappa shape index (κ1) is 17.1. The maximum atomic E-state index is 4.41. The maximum absolute atomic E-state index is 4.41. The van der Waals surface area contributed by atoms with Gasteiger partial charge in [-0.1, -0.05) is 6.92 Å². The highest BCUT2D eigenvalue weighted by Gasteiger charge is 2.17. The van der Waals surface area contributed by atoms with Crippen molar-refractivity contribution in [3.8, 4) is 0 Å². The van der Waals surface area contributed by atoms with Gasteiger partial charge in [0, 0.05) is 34.5 Å². The monoisotopic (exact) mass is 320 g/mol. The standard InChI is InChI=1S/C9H20S6/c1-2-13-3-4-14-5-6-15-8-9(11,12)7-10/h10-12H,2-8H2,1H3. The average molecular weight is 321 g/mol. The van der Waals surface area contributed by atoms with Crippen molar-refractivity contribution in [2.45, 2.75) is 11.0 Å². The molecule has 0 bridgehead atoms. The SMILES string of the molecule is CCSCCSCCSCC(S)(S)CS. The number of thiol groups is 3. The second kappa shape index (κ2) is 11.2. The van der Waals surface area contributed by atoms with E-state index in [1.165, 1.54) is 28.8 Å². The summed E-state index contributed by atoms with van der Waals surface area (Å²) in [6.07, 6.45) is 0. The molecule has 0 radical (unpaired) electrons. The Morgan fingerprint density at radius 2 is 1.47 bits per heavy atom. The molecular formula is C9H20S6. The summed E-state index contributed by atoms with van der Waals surface area (Å²) in [5.41, 5.74) is 0. The van der Waals surface area contributed by atoms with Crippen LogP contribution in [0.2, 0.25) is 0 Å². The van der Waals surface area contributed by atoms with E-state index in [1.807, 2.05) is 35.3 Å². The highest BCUT2D eigenvalue weighted by molar-refractivity contribution is 8.07. The second-order valence-electron chi connectivity index (χ2n) is 3.00. The zero-order valence-corrected chi connectivity index (χ0v) is 14.1. The third-order valence-electron chi connectivity index (χ3n) is 1.53. The number of rotatable bonds is 10. The van der Waals surface area contributed by atoms with E-state index in [0.29, 0.717) is 5.75 Å². The van der Waals surface area contributed by atoms with Crippen molar-refractivity contribution < 1.29 is 0 Å². The quantitative estimate of drug-likeness (QED) is 0.319. The first-order valence-electron chi connectivity index (χ1n) is 4.91. The van der Waals surface area contributed by atoms with Gasteiger partial charge in [0.05, 0.1) is 4.08 Å². The molecule has 0 N–H and O–H groups in total. The molecule has 0 aliphatic heterocycles. The Labute approximate surface area is 123 Å². The molecule has 0 saturated heterocycles. The molecule has 15 heavy (non-hydrogen) atoms. The van der Waals surface area contributed by atoms with Crippen LogP contribution in [-0.2, 0) is 0 Å². The summed E-state index contributed by atoms with van der Waals surface area (Å²) in [6.45, 7) is 2.21. The maximum Gasteiger partial charge on any atom is 0.0729 e. The van der Waals surface area contributed by atoms with Crippen LogP contribution in [0.25, 0.3) is 0 Å². The molecule has 0 rings (SSSR count). The molecule has 0 aromatic heterocycles. The van der Waals surface area contributed by atoms with Crippen molar-refractivity contribution in [2.75, 3.05) is 40.3 Å². The lowest BCUT2D eigenvalue weighted by molar-refractivity contribution is 1.09. The molecule has 92 valence electrons. The fraction of sp³-hybridized carbons (Fsp3) is 1.00. The van der Waals surface area contributed by atoms with Gasteiger partial charge in [0.15, 0.2) is 0 Å². The molecule has 0 saturated carbocycles. The van der Waals surface area contributed by atoms with Crippen LogP contribution < -0.4 is 0 Å². The average Bonchev–Trinajstić information content (AvgIpc) is 2.22. The zero-order valence-electron chi connectivity index (χ0n) is 9.02. The smallest absolute Gasteiger partial charge is 0.0729 e.